The number of nitrogens with two attached hydrogens (primary N) is 2. The third kappa shape index (κ3) is 2.68. The summed E-state index contributed by atoms with van der Waals surface area (Å²) in [5.74, 6) is 0.159. The number of nitrogens with one attached hydrogen (secondary N) is 1. The Morgan fingerprint density at radius 1 is 1.43 bits per heavy atom. The monoisotopic (exact) mass is 277 g/mol. The fraction of sp³-hybridized carbons (Fsp3) is 0.500. The molecule has 6 heteroatoms. The van der Waals surface area contributed by atoms with Gasteiger partial charge in [-0.1, -0.05) is 32.1 Å². The Labute approximate surface area is 95.6 Å². The van der Waals surface area contributed by atoms with Gasteiger partial charge in [0.25, 0.3) is 5.13 Å². The molecule has 0 saturated carbocycles. The first-order valence-electron chi connectivity index (χ1n) is 4.12. The third-order valence-corrected chi connectivity index (χ3v) is 3.17. The van der Waals surface area contributed by atoms with E-state index in [1.807, 2.05) is 0 Å². The van der Waals surface area contributed by atoms with Crippen LogP contribution in [0.25, 0.3) is 0 Å². The minimum absolute atomic E-state index is 0.0125. The second-order valence-electron chi connectivity index (χ2n) is 3.97. The fourth-order valence-electron chi connectivity index (χ4n) is 0.941. The first-order valence-corrected chi connectivity index (χ1v) is 5.73. The number of nitrogens with zero attached hydrogens (tertiary/aromatic N) is 1. The predicted molar refractivity (Wildman–Crippen MR) is 62.5 cm³/mol. The Balaban J connectivity index is 3.12. The minimum Gasteiger partial charge on any atom is -0.311 e. The van der Waals surface area contributed by atoms with E-state index in [1.54, 1.807) is 0 Å². The van der Waals surface area contributed by atoms with Crippen molar-refractivity contribution in [1.29, 1.82) is 0 Å². The quantitative estimate of drug-likeness (QED) is 0.507. The molecular formula is C8H14BrN4S+. The SMILES string of the molecule is CC(C)(C)c1nc([NH+]=C(N)N)sc1Br. The molecule has 14 heavy (non-hydrogen) atoms. The maximum Gasteiger partial charge on any atom is 0.303 e. The van der Waals surface area contributed by atoms with Gasteiger partial charge in [0.1, 0.15) is 9.48 Å². The van der Waals surface area contributed by atoms with Gasteiger partial charge in [-0.3, -0.25) is 0 Å². The van der Waals surface area contributed by atoms with E-state index in [0.717, 1.165) is 9.48 Å². The van der Waals surface area contributed by atoms with Gasteiger partial charge in [0, 0.05) is 5.41 Å². The number of hydrogen-bond donors (Lipinski definition) is 3. The Hall–Kier alpha value is -0.620. The smallest absolute Gasteiger partial charge is 0.303 e. The molecule has 1 aromatic heterocycles. The zero-order chi connectivity index (χ0) is 10.9. The second-order valence-corrected chi connectivity index (χ2v) is 6.29. The number of halogens is 1. The number of guanidine groups is 1. The van der Waals surface area contributed by atoms with Crippen LogP contribution in [0, 0.1) is 0 Å². The topological polar surface area (TPSA) is 78.9 Å². The molecule has 0 fully saturated rings. The number of aromatic nitrogens is 1. The molecule has 0 atom stereocenters. The molecular weight excluding hydrogens is 264 g/mol. The zero-order valence-corrected chi connectivity index (χ0v) is 10.8. The summed E-state index contributed by atoms with van der Waals surface area (Å²) in [5.41, 5.74) is 11.7. The highest BCUT2D eigenvalue weighted by Crippen LogP contribution is 2.33. The van der Waals surface area contributed by atoms with Crippen molar-refractivity contribution in [3.05, 3.63) is 9.48 Å². The molecule has 0 saturated heterocycles. The predicted octanol–water partition coefficient (Wildman–Crippen LogP) is 0.189. The Bertz CT molecular complexity index is 360. The Morgan fingerprint density at radius 2 is 2.00 bits per heavy atom. The van der Waals surface area contributed by atoms with Crippen LogP contribution in [-0.2, 0) is 5.41 Å². The van der Waals surface area contributed by atoms with E-state index in [-0.39, 0.29) is 11.4 Å². The first kappa shape index (κ1) is 11.5. The highest BCUT2D eigenvalue weighted by atomic mass is 79.9. The normalized spacial score (nSPS) is 11.4. The third-order valence-electron chi connectivity index (χ3n) is 1.55. The van der Waals surface area contributed by atoms with Crippen molar-refractivity contribution in [3.63, 3.8) is 0 Å². The molecule has 1 heterocycles. The van der Waals surface area contributed by atoms with Crippen molar-refractivity contribution in [1.82, 2.24) is 4.98 Å². The van der Waals surface area contributed by atoms with Crippen molar-refractivity contribution in [3.8, 4) is 0 Å². The summed E-state index contributed by atoms with van der Waals surface area (Å²) in [5, 5.41) is 0.710. The molecule has 0 bridgehead atoms. The lowest BCUT2D eigenvalue weighted by Crippen LogP contribution is -2.72. The van der Waals surface area contributed by atoms with Gasteiger partial charge in [-0.05, 0) is 15.9 Å². The minimum atomic E-state index is 0.0125. The molecule has 78 valence electrons. The van der Waals surface area contributed by atoms with Gasteiger partial charge in [0.05, 0.1) is 0 Å². The van der Waals surface area contributed by atoms with E-state index in [4.69, 9.17) is 11.5 Å². The Morgan fingerprint density at radius 3 is 2.36 bits per heavy atom. The summed E-state index contributed by atoms with van der Waals surface area (Å²) in [4.78, 5) is 7.19. The summed E-state index contributed by atoms with van der Waals surface area (Å²) in [6.07, 6.45) is 0. The van der Waals surface area contributed by atoms with Gasteiger partial charge >= 0.3 is 5.96 Å². The lowest BCUT2D eigenvalue weighted by Gasteiger charge is -2.12. The van der Waals surface area contributed by atoms with Crippen LogP contribution in [0.15, 0.2) is 3.79 Å². The molecule has 0 amide bonds. The average molecular weight is 278 g/mol. The van der Waals surface area contributed by atoms with Gasteiger partial charge < -0.3 is 11.5 Å². The molecule has 0 spiro atoms. The highest BCUT2D eigenvalue weighted by molar-refractivity contribution is 9.11. The molecule has 1 rings (SSSR count). The van der Waals surface area contributed by atoms with Crippen LogP contribution >= 0.6 is 27.3 Å². The lowest BCUT2D eigenvalue weighted by molar-refractivity contribution is -0.356. The van der Waals surface area contributed by atoms with E-state index >= 15 is 0 Å². The first-order chi connectivity index (χ1) is 6.30. The van der Waals surface area contributed by atoms with Crippen molar-refractivity contribution < 1.29 is 4.99 Å². The van der Waals surface area contributed by atoms with Gasteiger partial charge in [0.15, 0.2) is 0 Å². The summed E-state index contributed by atoms with van der Waals surface area (Å²) >= 11 is 4.95. The molecule has 0 unspecified atom stereocenters. The Kier molecular flexibility index (Phi) is 3.16. The van der Waals surface area contributed by atoms with Crippen LogP contribution in [0.5, 0.6) is 0 Å². The molecule has 0 aliphatic rings. The van der Waals surface area contributed by atoms with Crippen molar-refractivity contribution >= 4 is 38.4 Å². The van der Waals surface area contributed by atoms with Crippen LogP contribution in [0.2, 0.25) is 0 Å². The second kappa shape index (κ2) is 3.86. The summed E-state index contributed by atoms with van der Waals surface area (Å²) in [6, 6.07) is 0. The van der Waals surface area contributed by atoms with Crippen LogP contribution in [0.1, 0.15) is 26.5 Å². The molecule has 1 aromatic rings. The molecule has 0 aliphatic carbocycles. The molecule has 0 radical (unpaired) electrons. The summed E-state index contributed by atoms with van der Waals surface area (Å²) in [7, 11) is 0. The number of rotatable bonds is 1. The summed E-state index contributed by atoms with van der Waals surface area (Å²) < 4.78 is 1.01. The number of hydrogen-bond acceptors (Lipinski definition) is 2. The van der Waals surface area contributed by atoms with Crippen molar-refractivity contribution in [2.45, 2.75) is 26.2 Å². The highest BCUT2D eigenvalue weighted by Gasteiger charge is 2.24. The van der Waals surface area contributed by atoms with Crippen molar-refractivity contribution in [2.24, 2.45) is 11.5 Å². The fourth-order valence-corrected chi connectivity index (χ4v) is 3.01. The van der Waals surface area contributed by atoms with Crippen LogP contribution < -0.4 is 16.5 Å². The molecule has 0 aromatic carbocycles. The van der Waals surface area contributed by atoms with Crippen LogP contribution in [0.3, 0.4) is 0 Å². The van der Waals surface area contributed by atoms with E-state index in [0.29, 0.717) is 5.13 Å². The molecule has 0 aliphatic heterocycles. The van der Waals surface area contributed by atoms with Crippen LogP contribution in [-0.4, -0.2) is 10.9 Å². The zero-order valence-electron chi connectivity index (χ0n) is 8.39. The number of thiazole rings is 1. The van der Waals surface area contributed by atoms with Gasteiger partial charge in [-0.25, -0.2) is 4.99 Å². The van der Waals surface area contributed by atoms with Crippen molar-refractivity contribution in [2.75, 3.05) is 0 Å². The van der Waals surface area contributed by atoms with Gasteiger partial charge in [-0.15, -0.1) is 4.98 Å². The lowest BCUT2D eigenvalue weighted by atomic mass is 9.93. The van der Waals surface area contributed by atoms with E-state index in [1.165, 1.54) is 11.3 Å². The molecule has 5 N–H and O–H groups in total. The largest absolute Gasteiger partial charge is 0.311 e. The van der Waals surface area contributed by atoms with E-state index < -0.39 is 0 Å². The molecule has 4 nitrogen and oxygen atoms in total. The van der Waals surface area contributed by atoms with Gasteiger partial charge in [0.2, 0.25) is 0 Å². The van der Waals surface area contributed by atoms with Gasteiger partial charge in [-0.2, -0.15) is 0 Å². The average Bonchev–Trinajstić information content (AvgIpc) is 2.27. The standard InChI is InChI=1S/C8H13BrN4S/c1-8(2,3)4-5(9)14-7(12-4)13-6(10)11/h1-3H3,(H4,10,11,12,13)/p+1. The van der Waals surface area contributed by atoms with E-state index in [9.17, 15) is 0 Å². The maximum atomic E-state index is 5.33. The summed E-state index contributed by atoms with van der Waals surface area (Å²) in [6.45, 7) is 6.31. The maximum absolute atomic E-state index is 5.33. The van der Waals surface area contributed by atoms with E-state index in [2.05, 4.69) is 46.7 Å². The van der Waals surface area contributed by atoms with Crippen LogP contribution in [0.4, 0.5) is 5.13 Å².